The van der Waals surface area contributed by atoms with E-state index in [0.29, 0.717) is 64.3 Å². The highest BCUT2D eigenvalue weighted by Gasteiger charge is 2.52. The third-order valence-electron chi connectivity index (χ3n) is 11.6. The van der Waals surface area contributed by atoms with E-state index in [1.54, 1.807) is 55.5 Å². The average Bonchev–Trinajstić information content (AvgIpc) is 3.16. The number of carboxylic acids is 1. The maximum absolute atomic E-state index is 13.1. The number of ether oxygens (including phenoxy) is 1. The second-order valence-electron chi connectivity index (χ2n) is 15.6. The Hall–Kier alpha value is -5.48. The summed E-state index contributed by atoms with van der Waals surface area (Å²) in [4.78, 5) is 97.4. The van der Waals surface area contributed by atoms with Gasteiger partial charge in [-0.15, -0.1) is 0 Å². The number of carboxylic acid groups (broad SMARTS) is 1. The summed E-state index contributed by atoms with van der Waals surface area (Å²) in [6.07, 6.45) is 4.84. The fraction of sp³-hybridized carbons (Fsp3) is 0.545. The van der Waals surface area contributed by atoms with Crippen molar-refractivity contribution in [2.24, 2.45) is 34.1 Å². The molecular formula is C44H60N4O12. The van der Waals surface area contributed by atoms with Crippen LogP contribution in [0.1, 0.15) is 106 Å². The number of aliphatic carboxylic acids is 1. The topological polar surface area (TPSA) is 283 Å². The number of ketones is 4. The predicted molar refractivity (Wildman–Crippen MR) is 219 cm³/mol. The molecule has 0 bridgehead atoms. The standard InChI is InChI=1S/C23H32N2O6.C21H28N2O6/c1-2-31-21(29)23(10-4-11-23)20(28)14-18(5-3-12-25-22(24)30)19(27)13-16-6-8-17(15-26)9-7-16;22-20(29)23-10-1-3-16(12-18(26)21(19(27)28)8-2-9-21)17(25)11-14-4-6-15(13-24)7-5-14/h6-9,18,26H,2-5,10-15H2,1H3,(H3,24,25,30);4-7,16,24H,1-3,8-13H2,(H,27,28)(H3,22,23,29)/t18-;16-/m11/s1. The van der Waals surface area contributed by atoms with Crippen LogP contribution in [-0.4, -0.2) is 82.1 Å². The number of benzene rings is 2. The number of primary amides is 2. The first-order chi connectivity index (χ1) is 28.6. The molecule has 2 fully saturated rings. The third kappa shape index (κ3) is 14.1. The van der Waals surface area contributed by atoms with Gasteiger partial charge in [0.1, 0.15) is 22.4 Å². The van der Waals surface area contributed by atoms with Crippen LogP contribution in [0.15, 0.2) is 48.5 Å². The van der Waals surface area contributed by atoms with Crippen molar-refractivity contribution in [1.29, 1.82) is 0 Å². The number of hydrogen-bond donors (Lipinski definition) is 7. The summed E-state index contributed by atoms with van der Waals surface area (Å²) in [5.41, 5.74) is 10.7. The van der Waals surface area contributed by atoms with Crippen molar-refractivity contribution in [3.63, 3.8) is 0 Å². The lowest BCUT2D eigenvalue weighted by atomic mass is 9.64. The van der Waals surface area contributed by atoms with E-state index in [2.05, 4.69) is 10.6 Å². The fourth-order valence-corrected chi connectivity index (χ4v) is 7.47. The third-order valence-corrected chi connectivity index (χ3v) is 11.6. The summed E-state index contributed by atoms with van der Waals surface area (Å²) in [6, 6.07) is 12.7. The monoisotopic (exact) mass is 836 g/mol. The minimum absolute atomic E-state index is 0.0249. The lowest BCUT2D eigenvalue weighted by Gasteiger charge is -2.38. The highest BCUT2D eigenvalue weighted by atomic mass is 16.5. The van der Waals surface area contributed by atoms with Crippen LogP contribution in [-0.2, 0) is 59.6 Å². The van der Waals surface area contributed by atoms with Crippen molar-refractivity contribution in [2.75, 3.05) is 19.7 Å². The lowest BCUT2D eigenvalue weighted by Crippen LogP contribution is -2.47. The molecule has 4 rings (SSSR count). The van der Waals surface area contributed by atoms with Crippen molar-refractivity contribution < 1.29 is 58.4 Å². The Morgan fingerprint density at radius 1 is 0.633 bits per heavy atom. The number of aliphatic hydroxyl groups excluding tert-OH is 2. The van der Waals surface area contributed by atoms with Crippen LogP contribution in [0, 0.1) is 22.7 Å². The molecule has 2 aromatic rings. The van der Waals surface area contributed by atoms with Crippen LogP contribution in [0.25, 0.3) is 0 Å². The molecule has 2 atom stereocenters. The number of carbonyl (C=O) groups excluding carboxylic acids is 7. The Kier molecular flexibility index (Phi) is 19.5. The number of nitrogens with one attached hydrogen (secondary N) is 2. The number of amides is 4. The molecule has 0 aromatic heterocycles. The number of hydrogen-bond acceptors (Lipinski definition) is 11. The molecule has 2 saturated carbocycles. The minimum atomic E-state index is -1.35. The summed E-state index contributed by atoms with van der Waals surface area (Å²) in [7, 11) is 0. The van der Waals surface area contributed by atoms with Crippen molar-refractivity contribution in [2.45, 2.75) is 110 Å². The van der Waals surface area contributed by atoms with Crippen LogP contribution < -0.4 is 22.1 Å². The first-order valence-electron chi connectivity index (χ1n) is 20.6. The Morgan fingerprint density at radius 2 is 1.00 bits per heavy atom. The summed E-state index contributed by atoms with van der Waals surface area (Å²) < 4.78 is 5.13. The number of esters is 1. The normalized spacial score (nSPS) is 15.6. The highest BCUT2D eigenvalue weighted by molar-refractivity contribution is 6.06. The minimum Gasteiger partial charge on any atom is -0.480 e. The van der Waals surface area contributed by atoms with Crippen molar-refractivity contribution in [3.8, 4) is 0 Å². The van der Waals surface area contributed by atoms with Gasteiger partial charge in [-0.05, 0) is 80.5 Å². The Balaban J connectivity index is 0.000000321. The van der Waals surface area contributed by atoms with E-state index in [1.165, 1.54) is 0 Å². The summed E-state index contributed by atoms with van der Waals surface area (Å²) in [5, 5.41) is 32.7. The van der Waals surface area contributed by atoms with Crippen LogP contribution in [0.2, 0.25) is 0 Å². The molecule has 2 aliphatic carbocycles. The number of urea groups is 2. The van der Waals surface area contributed by atoms with Gasteiger partial charge in [-0.1, -0.05) is 61.4 Å². The quantitative estimate of drug-likeness (QED) is 0.0429. The van der Waals surface area contributed by atoms with Gasteiger partial charge in [-0.25, -0.2) is 9.59 Å². The molecule has 0 heterocycles. The molecule has 2 aliphatic rings. The van der Waals surface area contributed by atoms with Crippen molar-refractivity contribution in [3.05, 3.63) is 70.8 Å². The van der Waals surface area contributed by atoms with Crippen LogP contribution >= 0.6 is 0 Å². The molecule has 0 aliphatic heterocycles. The van der Waals surface area contributed by atoms with Gasteiger partial charge in [0.2, 0.25) is 0 Å². The zero-order valence-electron chi connectivity index (χ0n) is 34.4. The number of nitrogens with two attached hydrogens (primary N) is 2. The van der Waals surface area contributed by atoms with Gasteiger partial charge >= 0.3 is 24.0 Å². The zero-order chi connectivity index (χ0) is 44.3. The second kappa shape index (κ2) is 23.9. The molecule has 0 unspecified atom stereocenters. The Bertz CT molecular complexity index is 1800. The van der Waals surface area contributed by atoms with E-state index in [4.69, 9.17) is 26.4 Å². The molecule has 328 valence electrons. The Morgan fingerprint density at radius 3 is 1.30 bits per heavy atom. The van der Waals surface area contributed by atoms with Crippen LogP contribution in [0.4, 0.5) is 9.59 Å². The molecule has 9 N–H and O–H groups in total. The van der Waals surface area contributed by atoms with Gasteiger partial charge in [-0.3, -0.25) is 28.8 Å². The number of aliphatic hydroxyl groups is 2. The van der Waals surface area contributed by atoms with Gasteiger partial charge in [-0.2, -0.15) is 0 Å². The van der Waals surface area contributed by atoms with E-state index >= 15 is 0 Å². The Labute approximate surface area is 350 Å². The summed E-state index contributed by atoms with van der Waals surface area (Å²) in [6.45, 7) is 2.33. The van der Waals surface area contributed by atoms with E-state index in [-0.39, 0.29) is 69.4 Å². The molecule has 0 spiro atoms. The molecule has 60 heavy (non-hydrogen) atoms. The van der Waals surface area contributed by atoms with E-state index in [9.17, 15) is 43.5 Å². The maximum atomic E-state index is 13.1. The largest absolute Gasteiger partial charge is 0.480 e. The molecule has 2 aromatic carbocycles. The summed E-state index contributed by atoms with van der Waals surface area (Å²) in [5.74, 6) is -3.67. The van der Waals surface area contributed by atoms with Gasteiger partial charge < -0.3 is 42.2 Å². The number of Topliss-reactive ketones (excluding diaryl/α,β-unsaturated/α-hetero) is 4. The SMILES string of the molecule is CCOC(=O)C1(C(=O)C[C@@H](CCCNC(N)=O)C(=O)Cc2ccc(CO)cc2)CCC1.NC(=O)NCCC[C@H](CC(=O)C1(C(=O)O)CCC1)C(=O)Cc1ccc(CO)cc1. The fourth-order valence-electron chi connectivity index (χ4n) is 7.47. The molecule has 16 nitrogen and oxygen atoms in total. The van der Waals surface area contributed by atoms with E-state index in [1.807, 2.05) is 0 Å². The lowest BCUT2D eigenvalue weighted by molar-refractivity contribution is -0.167. The van der Waals surface area contributed by atoms with Crippen LogP contribution in [0.5, 0.6) is 0 Å². The molecule has 4 amide bonds. The average molecular weight is 837 g/mol. The first-order valence-corrected chi connectivity index (χ1v) is 20.6. The molecular weight excluding hydrogens is 776 g/mol. The second-order valence-corrected chi connectivity index (χ2v) is 15.6. The molecule has 0 saturated heterocycles. The molecule has 16 heteroatoms. The van der Waals surface area contributed by atoms with E-state index in [0.717, 1.165) is 28.7 Å². The predicted octanol–water partition coefficient (Wildman–Crippen LogP) is 3.62. The van der Waals surface area contributed by atoms with E-state index < -0.39 is 52.4 Å². The van der Waals surface area contributed by atoms with Crippen molar-refractivity contribution >= 4 is 47.1 Å². The highest BCUT2D eigenvalue weighted by Crippen LogP contribution is 2.45. The number of carbonyl (C=O) groups is 8. The summed E-state index contributed by atoms with van der Waals surface area (Å²) >= 11 is 0. The smallest absolute Gasteiger partial charge is 0.319 e. The van der Waals surface area contributed by atoms with Crippen LogP contribution in [0.3, 0.4) is 0 Å². The first kappa shape index (κ1) is 48.9. The van der Waals surface area contributed by atoms with Crippen molar-refractivity contribution in [1.82, 2.24) is 10.6 Å². The van der Waals surface area contributed by atoms with Gasteiger partial charge in [0.15, 0.2) is 11.6 Å². The molecule has 0 radical (unpaired) electrons. The van der Waals surface area contributed by atoms with Gasteiger partial charge in [0.05, 0.1) is 19.8 Å². The maximum Gasteiger partial charge on any atom is 0.319 e. The number of rotatable bonds is 25. The zero-order valence-corrected chi connectivity index (χ0v) is 34.4. The van der Waals surface area contributed by atoms with Gasteiger partial charge in [0.25, 0.3) is 0 Å². The van der Waals surface area contributed by atoms with Gasteiger partial charge in [0, 0.05) is 50.6 Å².